The summed E-state index contributed by atoms with van der Waals surface area (Å²) in [4.78, 5) is 36.0. The quantitative estimate of drug-likeness (QED) is 0.805. The summed E-state index contributed by atoms with van der Waals surface area (Å²) < 4.78 is 22.8. The van der Waals surface area contributed by atoms with Crippen LogP contribution in [0, 0.1) is 0 Å². The fourth-order valence-electron chi connectivity index (χ4n) is 2.14. The minimum absolute atomic E-state index is 0.0300. The van der Waals surface area contributed by atoms with Gasteiger partial charge in [-0.05, 0) is 32.9 Å². The first-order chi connectivity index (χ1) is 10.6. The van der Waals surface area contributed by atoms with E-state index in [1.165, 1.54) is 19.2 Å². The van der Waals surface area contributed by atoms with Crippen molar-refractivity contribution in [1.82, 2.24) is 4.57 Å². The van der Waals surface area contributed by atoms with Crippen LogP contribution in [0.3, 0.4) is 0 Å². The molecule has 0 saturated carbocycles. The van der Waals surface area contributed by atoms with Crippen molar-refractivity contribution >= 4 is 28.5 Å². The minimum Gasteiger partial charge on any atom is -0.467 e. The second kappa shape index (κ2) is 6.15. The van der Waals surface area contributed by atoms with E-state index in [1.54, 1.807) is 20.8 Å². The molecule has 1 N–H and O–H groups in total. The predicted molar refractivity (Wildman–Crippen MR) is 82.9 cm³/mol. The molecule has 2 rings (SSSR count). The molecule has 0 fully saturated rings. The van der Waals surface area contributed by atoms with Crippen molar-refractivity contribution in [3.05, 3.63) is 22.5 Å². The normalized spacial score (nSPS) is 19.8. The van der Waals surface area contributed by atoms with E-state index in [2.05, 4.69) is 10.1 Å². The van der Waals surface area contributed by atoms with Gasteiger partial charge < -0.3 is 9.47 Å². The van der Waals surface area contributed by atoms with Crippen LogP contribution in [0.1, 0.15) is 26.8 Å². The van der Waals surface area contributed by atoms with Crippen LogP contribution in [-0.4, -0.2) is 39.3 Å². The van der Waals surface area contributed by atoms with Gasteiger partial charge in [-0.15, -0.1) is 0 Å². The van der Waals surface area contributed by atoms with E-state index in [9.17, 15) is 18.6 Å². The average molecular weight is 342 g/mol. The summed E-state index contributed by atoms with van der Waals surface area (Å²) in [6.45, 7) is 5.08. The van der Waals surface area contributed by atoms with Crippen molar-refractivity contribution in [2.45, 2.75) is 37.4 Å². The molecule has 1 aliphatic rings. The van der Waals surface area contributed by atoms with Crippen LogP contribution in [0.25, 0.3) is 0 Å². The maximum atomic E-state index is 12.5. The molecule has 0 saturated heterocycles. The van der Waals surface area contributed by atoms with E-state index in [-0.39, 0.29) is 16.5 Å². The molecule has 1 amide bonds. The molecule has 1 unspecified atom stereocenters. The van der Waals surface area contributed by atoms with Gasteiger partial charge in [-0.3, -0.25) is 18.9 Å². The molecule has 1 aromatic heterocycles. The number of carbonyl (C=O) groups is 2. The molecule has 0 aliphatic carbocycles. The summed E-state index contributed by atoms with van der Waals surface area (Å²) in [5, 5.41) is 2.57. The first kappa shape index (κ1) is 17.2. The lowest BCUT2D eigenvalue weighted by atomic mass is 10.2. The van der Waals surface area contributed by atoms with Gasteiger partial charge >= 0.3 is 12.1 Å². The zero-order valence-electron chi connectivity index (χ0n) is 13.2. The molecule has 2 heterocycles. The summed E-state index contributed by atoms with van der Waals surface area (Å²) in [6.07, 6.45) is -0.788. The van der Waals surface area contributed by atoms with E-state index < -0.39 is 40.1 Å². The van der Waals surface area contributed by atoms with Crippen LogP contribution in [0.5, 0.6) is 0 Å². The van der Waals surface area contributed by atoms with Gasteiger partial charge in [0.2, 0.25) is 0 Å². The Morgan fingerprint density at radius 1 is 1.35 bits per heavy atom. The second-order valence-electron chi connectivity index (χ2n) is 5.94. The zero-order valence-corrected chi connectivity index (χ0v) is 14.1. The number of hydrogen-bond donors (Lipinski definition) is 1. The largest absolute Gasteiger partial charge is 0.467 e. The molecule has 0 spiro atoms. The molecule has 0 bridgehead atoms. The number of aromatic nitrogens is 1. The summed E-state index contributed by atoms with van der Waals surface area (Å²) in [5.41, 5.74) is -1.40. The molecule has 1 aliphatic heterocycles. The van der Waals surface area contributed by atoms with Gasteiger partial charge in [-0.1, -0.05) is 0 Å². The first-order valence-corrected chi connectivity index (χ1v) is 8.17. The molecule has 8 nitrogen and oxygen atoms in total. The first-order valence-electron chi connectivity index (χ1n) is 6.86. The Bertz CT molecular complexity index is 734. The predicted octanol–water partition coefficient (Wildman–Crippen LogP) is 1.03. The third kappa shape index (κ3) is 3.61. The maximum absolute atomic E-state index is 12.5. The van der Waals surface area contributed by atoms with Crippen LogP contribution in [0.2, 0.25) is 0 Å². The summed E-state index contributed by atoms with van der Waals surface area (Å²) in [5.74, 6) is -0.689. The maximum Gasteiger partial charge on any atom is 0.412 e. The van der Waals surface area contributed by atoms with Gasteiger partial charge in [0.1, 0.15) is 22.4 Å². The summed E-state index contributed by atoms with van der Waals surface area (Å²) >= 11 is 0. The molecular formula is C14H18N2O6S. The fourth-order valence-corrected chi connectivity index (χ4v) is 3.53. The van der Waals surface area contributed by atoms with Crippen molar-refractivity contribution < 1.29 is 23.3 Å². The summed E-state index contributed by atoms with van der Waals surface area (Å²) in [6, 6.07) is 1.81. The van der Waals surface area contributed by atoms with Crippen molar-refractivity contribution in [3.8, 4) is 0 Å². The van der Waals surface area contributed by atoms with E-state index in [0.717, 1.165) is 4.57 Å². The molecular weight excluding hydrogens is 324 g/mol. The Kier molecular flexibility index (Phi) is 4.60. The Morgan fingerprint density at radius 3 is 2.57 bits per heavy atom. The lowest BCUT2D eigenvalue weighted by Crippen LogP contribution is -2.33. The highest BCUT2D eigenvalue weighted by Gasteiger charge is 2.36. The van der Waals surface area contributed by atoms with Crippen LogP contribution < -0.4 is 10.9 Å². The van der Waals surface area contributed by atoms with Crippen LogP contribution in [0.15, 0.2) is 22.0 Å². The van der Waals surface area contributed by atoms with Crippen molar-refractivity contribution in [2.24, 2.45) is 0 Å². The second-order valence-corrected chi connectivity index (χ2v) is 7.38. The van der Waals surface area contributed by atoms with Crippen LogP contribution >= 0.6 is 0 Å². The third-order valence-electron chi connectivity index (χ3n) is 3.04. The highest BCUT2D eigenvalue weighted by atomic mass is 32.2. The number of pyridine rings is 1. The zero-order chi connectivity index (χ0) is 17.4. The summed E-state index contributed by atoms with van der Waals surface area (Å²) in [7, 11) is -0.287. The number of hydrogen-bond acceptors (Lipinski definition) is 6. The van der Waals surface area contributed by atoms with Crippen LogP contribution in [0.4, 0.5) is 10.5 Å². The van der Waals surface area contributed by atoms with Crippen molar-refractivity contribution in [3.63, 3.8) is 0 Å². The average Bonchev–Trinajstić information content (AvgIpc) is 2.77. The molecule has 0 aromatic carbocycles. The highest BCUT2D eigenvalue weighted by Crippen LogP contribution is 2.25. The third-order valence-corrected chi connectivity index (χ3v) is 4.46. The van der Waals surface area contributed by atoms with Gasteiger partial charge in [0, 0.05) is 0 Å². The molecule has 126 valence electrons. The number of amides is 1. The molecule has 9 heteroatoms. The number of methoxy groups -OCH3 is 1. The molecule has 0 radical (unpaired) electrons. The monoisotopic (exact) mass is 342 g/mol. The van der Waals surface area contributed by atoms with Gasteiger partial charge in [0.25, 0.3) is 5.56 Å². The molecule has 1 aromatic rings. The minimum atomic E-state index is -1.48. The molecule has 2 atom stereocenters. The smallest absolute Gasteiger partial charge is 0.412 e. The lowest BCUT2D eigenvalue weighted by molar-refractivity contribution is -0.143. The van der Waals surface area contributed by atoms with E-state index in [1.807, 2.05) is 0 Å². The number of anilines is 1. The number of esters is 1. The SMILES string of the molecule is COC(=O)[C@@H]1CS(=O)c2ccc(NC(=O)OC(C)(C)C)c(=O)n21. The number of nitrogens with one attached hydrogen (secondary N) is 1. The Balaban J connectivity index is 2.36. The number of carbonyl (C=O) groups excluding carboxylic acids is 2. The van der Waals surface area contributed by atoms with E-state index >= 15 is 0 Å². The highest BCUT2D eigenvalue weighted by molar-refractivity contribution is 7.85. The van der Waals surface area contributed by atoms with Gasteiger partial charge in [-0.2, -0.15) is 0 Å². The number of rotatable bonds is 2. The number of ether oxygens (including phenoxy) is 2. The Hall–Kier alpha value is -2.16. The Morgan fingerprint density at radius 2 is 2.00 bits per heavy atom. The van der Waals surface area contributed by atoms with Crippen molar-refractivity contribution in [1.29, 1.82) is 0 Å². The van der Waals surface area contributed by atoms with E-state index in [0.29, 0.717) is 0 Å². The lowest BCUT2D eigenvalue weighted by Gasteiger charge is -2.20. The van der Waals surface area contributed by atoms with Gasteiger partial charge in [-0.25, -0.2) is 9.59 Å². The van der Waals surface area contributed by atoms with Crippen molar-refractivity contribution in [2.75, 3.05) is 18.2 Å². The Labute approximate surface area is 135 Å². The topological polar surface area (TPSA) is 104 Å². The van der Waals surface area contributed by atoms with Gasteiger partial charge in [0.15, 0.2) is 0 Å². The van der Waals surface area contributed by atoms with Gasteiger partial charge in [0.05, 0.1) is 23.7 Å². The van der Waals surface area contributed by atoms with Crippen LogP contribution in [-0.2, 0) is 25.1 Å². The number of fused-ring (bicyclic) bond motifs is 1. The molecule has 23 heavy (non-hydrogen) atoms. The number of nitrogens with zero attached hydrogens (tertiary/aromatic N) is 1. The fraction of sp³-hybridized carbons (Fsp3) is 0.500. The standard InChI is InChI=1S/C14H18N2O6S/c1-14(2,3)22-13(19)15-8-5-6-10-16(11(8)17)9(7-23(10)20)12(18)21-4/h5-6,9H,7H2,1-4H3,(H,15,19)/t9-,23?/m0/s1. The van der Waals surface area contributed by atoms with E-state index in [4.69, 9.17) is 4.74 Å².